The average molecular weight is 387 g/mol. The largest absolute Gasteiger partial charge is 0.461 e. The second-order valence-corrected chi connectivity index (χ2v) is 7.03. The van der Waals surface area contributed by atoms with Gasteiger partial charge in [-0.3, -0.25) is 9.82 Å². The van der Waals surface area contributed by atoms with Gasteiger partial charge in [-0.15, -0.1) is 0 Å². The van der Waals surface area contributed by atoms with Gasteiger partial charge in [0.2, 0.25) is 0 Å². The number of H-pyrrole nitrogens is 1. The molecule has 1 aromatic heterocycles. The fourth-order valence-corrected chi connectivity index (χ4v) is 3.17. The summed E-state index contributed by atoms with van der Waals surface area (Å²) in [6.07, 6.45) is 0. The number of sulfonamides is 1. The van der Waals surface area contributed by atoms with Crippen LogP contribution in [0, 0.1) is 0 Å². The van der Waals surface area contributed by atoms with Gasteiger partial charge in [0, 0.05) is 11.8 Å². The molecule has 0 atom stereocenters. The Labute approximate surface area is 156 Å². The summed E-state index contributed by atoms with van der Waals surface area (Å²) in [4.78, 5) is 11.6. The number of carbonyl (C=O) groups excluding carboxylic acids is 1. The van der Waals surface area contributed by atoms with E-state index in [1.165, 1.54) is 0 Å². The number of esters is 1. The zero-order chi connectivity index (χ0) is 19.3. The minimum Gasteiger partial charge on any atom is -0.461 e. The Kier molecular flexibility index (Phi) is 5.41. The maximum absolute atomic E-state index is 12.4. The first-order valence-electron chi connectivity index (χ1n) is 8.06. The summed E-state index contributed by atoms with van der Waals surface area (Å²) in [6.45, 7) is 1.82. The number of aromatic amines is 1. The molecule has 0 aliphatic heterocycles. The number of para-hydroxylation sites is 1. The lowest BCUT2D eigenvalue weighted by Gasteiger charge is -2.08. The van der Waals surface area contributed by atoms with Crippen molar-refractivity contribution in [3.8, 4) is 11.5 Å². The molecule has 0 radical (unpaired) electrons. The van der Waals surface area contributed by atoms with Gasteiger partial charge in [0.05, 0.1) is 6.61 Å². The number of ether oxygens (including phenoxy) is 2. The highest BCUT2D eigenvalue weighted by Crippen LogP contribution is 2.23. The molecule has 8 nitrogen and oxygen atoms in total. The molecule has 9 heteroatoms. The van der Waals surface area contributed by atoms with Crippen LogP contribution >= 0.6 is 0 Å². The molecule has 0 aliphatic carbocycles. The van der Waals surface area contributed by atoms with Crippen LogP contribution in [-0.2, 0) is 14.8 Å². The van der Waals surface area contributed by atoms with Gasteiger partial charge >= 0.3 is 5.97 Å². The van der Waals surface area contributed by atoms with E-state index in [9.17, 15) is 13.2 Å². The van der Waals surface area contributed by atoms with E-state index in [2.05, 4.69) is 14.9 Å². The molecule has 3 rings (SSSR count). The fraction of sp³-hybridized carbons (Fsp3) is 0.111. The fourth-order valence-electron chi connectivity index (χ4n) is 2.18. The Morgan fingerprint density at radius 3 is 2.41 bits per heavy atom. The van der Waals surface area contributed by atoms with Gasteiger partial charge in [0.25, 0.3) is 10.0 Å². The van der Waals surface area contributed by atoms with Gasteiger partial charge in [-0.05, 0) is 43.3 Å². The highest BCUT2D eigenvalue weighted by Gasteiger charge is 2.20. The molecule has 1 heterocycles. The third-order valence-electron chi connectivity index (χ3n) is 3.41. The smallest absolute Gasteiger partial charge is 0.358 e. The Morgan fingerprint density at radius 2 is 1.74 bits per heavy atom. The van der Waals surface area contributed by atoms with Crippen LogP contribution < -0.4 is 9.46 Å². The van der Waals surface area contributed by atoms with Crippen molar-refractivity contribution in [1.29, 1.82) is 0 Å². The van der Waals surface area contributed by atoms with Crippen LogP contribution in [0.1, 0.15) is 17.4 Å². The van der Waals surface area contributed by atoms with Crippen LogP contribution in [0.15, 0.2) is 65.7 Å². The first-order valence-corrected chi connectivity index (χ1v) is 9.54. The number of hydrogen-bond donors (Lipinski definition) is 2. The summed E-state index contributed by atoms with van der Waals surface area (Å²) in [6, 6.07) is 16.8. The molecule has 3 aromatic rings. The van der Waals surface area contributed by atoms with Crippen molar-refractivity contribution < 1.29 is 22.7 Å². The van der Waals surface area contributed by atoms with E-state index in [0.29, 0.717) is 17.2 Å². The van der Waals surface area contributed by atoms with Crippen LogP contribution in [0.4, 0.5) is 5.69 Å². The molecule has 0 unspecified atom stereocenters. The first-order chi connectivity index (χ1) is 13.0. The van der Waals surface area contributed by atoms with Crippen molar-refractivity contribution in [1.82, 2.24) is 10.2 Å². The van der Waals surface area contributed by atoms with Crippen LogP contribution in [0.25, 0.3) is 0 Å². The summed E-state index contributed by atoms with van der Waals surface area (Å²) < 4.78 is 37.7. The zero-order valence-corrected chi connectivity index (χ0v) is 15.2. The Balaban J connectivity index is 1.69. The number of carbonyl (C=O) groups is 1. The molecule has 0 saturated heterocycles. The van der Waals surface area contributed by atoms with Gasteiger partial charge in [-0.2, -0.15) is 13.5 Å². The van der Waals surface area contributed by atoms with Gasteiger partial charge < -0.3 is 9.47 Å². The molecule has 2 aromatic carbocycles. The number of rotatable bonds is 7. The normalized spacial score (nSPS) is 11.0. The van der Waals surface area contributed by atoms with E-state index in [-0.39, 0.29) is 17.3 Å². The van der Waals surface area contributed by atoms with E-state index < -0.39 is 16.0 Å². The standard InChI is InChI=1S/C18H17N3O5S/c1-2-25-18(22)16-12-17(20-19-16)27(23,24)21-13-8-10-15(11-9-13)26-14-6-4-3-5-7-14/h3-12,21H,2H2,1H3,(H,19,20). The van der Waals surface area contributed by atoms with Gasteiger partial charge in [-0.25, -0.2) is 4.79 Å². The molecular formula is C18H17N3O5S. The number of anilines is 1. The number of aromatic nitrogens is 2. The summed E-state index contributed by atoms with van der Waals surface area (Å²) in [5.74, 6) is 0.544. The highest BCUT2D eigenvalue weighted by molar-refractivity contribution is 7.92. The topological polar surface area (TPSA) is 110 Å². The molecule has 27 heavy (non-hydrogen) atoms. The van der Waals surface area contributed by atoms with E-state index in [4.69, 9.17) is 9.47 Å². The predicted octanol–water partition coefficient (Wildman–Crippen LogP) is 3.18. The molecule has 0 aliphatic rings. The predicted molar refractivity (Wildman–Crippen MR) is 98.3 cm³/mol. The van der Waals surface area contributed by atoms with E-state index in [1.807, 2.05) is 30.3 Å². The number of nitrogens with one attached hydrogen (secondary N) is 2. The van der Waals surface area contributed by atoms with E-state index >= 15 is 0 Å². The first kappa shape index (κ1) is 18.5. The molecule has 2 N–H and O–H groups in total. The molecule has 0 bridgehead atoms. The molecule has 0 amide bonds. The molecule has 0 fully saturated rings. The Bertz CT molecular complexity index is 1010. The van der Waals surface area contributed by atoms with Crippen LogP contribution in [0.2, 0.25) is 0 Å². The van der Waals surface area contributed by atoms with Crippen LogP contribution in [-0.4, -0.2) is 31.2 Å². The Morgan fingerprint density at radius 1 is 1.07 bits per heavy atom. The number of hydrogen-bond acceptors (Lipinski definition) is 6. The third kappa shape index (κ3) is 4.64. The Hall–Kier alpha value is -3.33. The van der Waals surface area contributed by atoms with Gasteiger partial charge in [-0.1, -0.05) is 18.2 Å². The van der Waals surface area contributed by atoms with Gasteiger partial charge in [0.15, 0.2) is 10.7 Å². The number of nitrogens with zero attached hydrogens (tertiary/aromatic N) is 1. The van der Waals surface area contributed by atoms with Crippen molar-refractivity contribution in [2.45, 2.75) is 11.9 Å². The maximum atomic E-state index is 12.4. The molecule has 0 saturated carbocycles. The second kappa shape index (κ2) is 7.92. The number of benzene rings is 2. The van der Waals surface area contributed by atoms with Crippen molar-refractivity contribution in [3.63, 3.8) is 0 Å². The van der Waals surface area contributed by atoms with E-state index in [0.717, 1.165) is 6.07 Å². The second-order valence-electron chi connectivity index (χ2n) is 5.38. The van der Waals surface area contributed by atoms with E-state index in [1.54, 1.807) is 31.2 Å². The summed E-state index contributed by atoms with van der Waals surface area (Å²) in [5, 5.41) is 5.75. The lowest BCUT2D eigenvalue weighted by atomic mass is 10.3. The molecule has 140 valence electrons. The quantitative estimate of drug-likeness (QED) is 0.603. The zero-order valence-electron chi connectivity index (χ0n) is 14.4. The van der Waals surface area contributed by atoms with Crippen LogP contribution in [0.5, 0.6) is 11.5 Å². The monoisotopic (exact) mass is 387 g/mol. The van der Waals surface area contributed by atoms with Gasteiger partial charge in [0.1, 0.15) is 11.5 Å². The van der Waals surface area contributed by atoms with Crippen molar-refractivity contribution >= 4 is 21.7 Å². The minimum absolute atomic E-state index is 0.108. The van der Waals surface area contributed by atoms with Crippen molar-refractivity contribution in [2.24, 2.45) is 0 Å². The van der Waals surface area contributed by atoms with Crippen LogP contribution in [0.3, 0.4) is 0 Å². The summed E-state index contributed by atoms with van der Waals surface area (Å²) in [5.41, 5.74) is 0.228. The highest BCUT2D eigenvalue weighted by atomic mass is 32.2. The van der Waals surface area contributed by atoms with Crippen molar-refractivity contribution in [2.75, 3.05) is 11.3 Å². The lowest BCUT2D eigenvalue weighted by Crippen LogP contribution is -2.13. The average Bonchev–Trinajstić information content (AvgIpc) is 3.16. The molecule has 0 spiro atoms. The summed E-state index contributed by atoms with van der Waals surface area (Å²) in [7, 11) is -3.93. The third-order valence-corrected chi connectivity index (χ3v) is 4.71. The minimum atomic E-state index is -3.93. The summed E-state index contributed by atoms with van der Waals surface area (Å²) >= 11 is 0. The lowest BCUT2D eigenvalue weighted by molar-refractivity contribution is 0.0519. The maximum Gasteiger partial charge on any atom is 0.358 e. The molecular weight excluding hydrogens is 370 g/mol. The van der Waals surface area contributed by atoms with Crippen molar-refractivity contribution in [3.05, 3.63) is 66.4 Å². The SMILES string of the molecule is CCOC(=O)c1cc(S(=O)(=O)Nc2ccc(Oc3ccccc3)cc2)[nH]n1.